The van der Waals surface area contributed by atoms with E-state index in [0.29, 0.717) is 70.5 Å². The number of nitrogens with zero attached hydrogens (tertiary/aromatic N) is 7. The maximum absolute atomic E-state index is 16.4. The molecule has 0 bridgehead atoms. The molecule has 40 heavy (non-hydrogen) atoms. The van der Waals surface area contributed by atoms with Gasteiger partial charge in [-0.25, -0.2) is 13.8 Å². The van der Waals surface area contributed by atoms with Crippen molar-refractivity contribution in [1.82, 2.24) is 24.7 Å². The van der Waals surface area contributed by atoms with Crippen molar-refractivity contribution >= 4 is 39.1 Å². The highest BCUT2D eigenvalue weighted by Gasteiger charge is 2.26. The molecule has 0 radical (unpaired) electrons. The van der Waals surface area contributed by atoms with Gasteiger partial charge in [-0.2, -0.15) is 15.3 Å². The van der Waals surface area contributed by atoms with Crippen LogP contribution in [0.15, 0.2) is 36.7 Å². The number of aryl methyl sites for hydroxylation is 1. The Balaban J connectivity index is 1.54. The van der Waals surface area contributed by atoms with E-state index in [4.69, 9.17) is 21.1 Å². The highest BCUT2D eigenvalue weighted by Crippen LogP contribution is 2.39. The lowest BCUT2D eigenvalue weighted by molar-refractivity contribution is 0.0512. The summed E-state index contributed by atoms with van der Waals surface area (Å²) in [7, 11) is 1.50. The van der Waals surface area contributed by atoms with E-state index in [1.165, 1.54) is 25.6 Å². The van der Waals surface area contributed by atoms with Gasteiger partial charge in [0.1, 0.15) is 34.7 Å². The number of rotatable bonds is 6. The average Bonchev–Trinajstić information content (AvgIpc) is 3.38. The van der Waals surface area contributed by atoms with Gasteiger partial charge in [-0.3, -0.25) is 9.67 Å². The van der Waals surface area contributed by atoms with E-state index in [2.05, 4.69) is 26.1 Å². The van der Waals surface area contributed by atoms with Gasteiger partial charge in [0.25, 0.3) is 0 Å². The monoisotopic (exact) mass is 561 g/mol. The number of fused-ring (bicyclic) bond motifs is 3. The Kier molecular flexibility index (Phi) is 6.65. The molecule has 0 spiro atoms. The maximum atomic E-state index is 16.4. The summed E-state index contributed by atoms with van der Waals surface area (Å²) in [5.74, 6) is -0.304. The van der Waals surface area contributed by atoms with E-state index in [1.54, 1.807) is 22.9 Å². The number of anilines is 1. The van der Waals surface area contributed by atoms with Crippen molar-refractivity contribution < 1.29 is 18.3 Å². The molecule has 0 fully saturated rings. The van der Waals surface area contributed by atoms with Crippen molar-refractivity contribution in [2.45, 2.75) is 26.4 Å². The minimum atomic E-state index is -0.723. The van der Waals surface area contributed by atoms with Crippen LogP contribution in [0.3, 0.4) is 0 Å². The van der Waals surface area contributed by atoms with Gasteiger partial charge in [0.2, 0.25) is 5.28 Å². The Morgan fingerprint density at radius 3 is 2.77 bits per heavy atom. The van der Waals surface area contributed by atoms with Gasteiger partial charge >= 0.3 is 0 Å². The second-order valence-corrected chi connectivity index (χ2v) is 9.60. The number of methoxy groups -OCH3 is 1. The van der Waals surface area contributed by atoms with E-state index in [9.17, 15) is 9.65 Å². The van der Waals surface area contributed by atoms with Crippen molar-refractivity contribution in [3.05, 3.63) is 70.4 Å². The number of benzene rings is 2. The summed E-state index contributed by atoms with van der Waals surface area (Å²) in [6, 6.07) is 8.53. The molecule has 6 rings (SSSR count). The number of halogens is 3. The summed E-state index contributed by atoms with van der Waals surface area (Å²) < 4.78 is 43.7. The molecule has 2 aromatic carbocycles. The first kappa shape index (κ1) is 25.9. The van der Waals surface area contributed by atoms with E-state index >= 15 is 4.39 Å². The summed E-state index contributed by atoms with van der Waals surface area (Å²) in [6.45, 7) is 3.17. The lowest BCUT2D eigenvalue weighted by Crippen LogP contribution is -2.35. The first-order chi connectivity index (χ1) is 19.4. The van der Waals surface area contributed by atoms with Crippen LogP contribution in [0.1, 0.15) is 23.7 Å². The molecule has 4 heterocycles. The van der Waals surface area contributed by atoms with Crippen molar-refractivity contribution in [2.24, 2.45) is 0 Å². The highest BCUT2D eigenvalue weighted by atomic mass is 35.5. The Bertz CT molecular complexity index is 1840. The SMILES string of the molecule is CCc1c(F)ccc2cc(OCOC)cc(-c3ncc4c(N5CCn6ncc(C#N)c6C5)nc(Cl)nc4c3F)c12. The topological polar surface area (TPSA) is 102 Å². The number of hydrogen-bond donors (Lipinski definition) is 0. The molecule has 5 aromatic rings. The summed E-state index contributed by atoms with van der Waals surface area (Å²) >= 11 is 6.31. The summed E-state index contributed by atoms with van der Waals surface area (Å²) in [6.07, 6.45) is 3.41. The lowest BCUT2D eigenvalue weighted by atomic mass is 9.94. The Hall–Kier alpha value is -4.40. The molecular formula is C28H22ClF2N7O2. The first-order valence-corrected chi connectivity index (χ1v) is 12.9. The molecule has 0 N–H and O–H groups in total. The van der Waals surface area contributed by atoms with Crippen LogP contribution in [0.4, 0.5) is 14.6 Å². The number of nitriles is 1. The molecule has 1 aliphatic heterocycles. The zero-order valence-corrected chi connectivity index (χ0v) is 22.3. The highest BCUT2D eigenvalue weighted by molar-refractivity contribution is 6.28. The molecule has 0 saturated heterocycles. The van der Waals surface area contributed by atoms with Crippen LogP contribution in [0, 0.1) is 23.0 Å². The number of hydrogen-bond acceptors (Lipinski definition) is 8. The second kappa shape index (κ2) is 10.3. The van der Waals surface area contributed by atoms with Gasteiger partial charge in [-0.15, -0.1) is 0 Å². The smallest absolute Gasteiger partial charge is 0.225 e. The molecule has 0 atom stereocenters. The third-order valence-corrected chi connectivity index (χ3v) is 7.19. The Labute approximate surface area is 232 Å². The molecule has 1 aliphatic rings. The van der Waals surface area contributed by atoms with Gasteiger partial charge in [0.05, 0.1) is 35.9 Å². The van der Waals surface area contributed by atoms with Crippen LogP contribution >= 0.6 is 11.6 Å². The van der Waals surface area contributed by atoms with Gasteiger partial charge < -0.3 is 14.4 Å². The Morgan fingerprint density at radius 2 is 2.00 bits per heavy atom. The predicted molar refractivity (Wildman–Crippen MR) is 145 cm³/mol. The van der Waals surface area contributed by atoms with Gasteiger partial charge in [-0.05, 0) is 52.6 Å². The second-order valence-electron chi connectivity index (χ2n) is 9.26. The molecule has 0 unspecified atom stereocenters. The zero-order valence-electron chi connectivity index (χ0n) is 21.6. The summed E-state index contributed by atoms with van der Waals surface area (Å²) in [5.41, 5.74) is 1.94. The van der Waals surface area contributed by atoms with Crippen LogP contribution < -0.4 is 9.64 Å². The third kappa shape index (κ3) is 4.26. The quantitative estimate of drug-likeness (QED) is 0.200. The largest absolute Gasteiger partial charge is 0.468 e. The zero-order chi connectivity index (χ0) is 28.0. The minimum Gasteiger partial charge on any atom is -0.468 e. The molecule has 0 saturated carbocycles. The van der Waals surface area contributed by atoms with E-state index < -0.39 is 11.6 Å². The summed E-state index contributed by atoms with van der Waals surface area (Å²) in [4.78, 5) is 15.0. The molecule has 0 aliphatic carbocycles. The van der Waals surface area contributed by atoms with Gasteiger partial charge in [0, 0.05) is 25.4 Å². The van der Waals surface area contributed by atoms with Crippen molar-refractivity contribution in [1.29, 1.82) is 5.26 Å². The molecule has 0 amide bonds. The van der Waals surface area contributed by atoms with Gasteiger partial charge in [-0.1, -0.05) is 13.0 Å². The van der Waals surface area contributed by atoms with E-state index in [0.717, 1.165) is 5.69 Å². The lowest BCUT2D eigenvalue weighted by Gasteiger charge is -2.29. The number of ether oxygens (including phenoxy) is 2. The predicted octanol–water partition coefficient (Wildman–Crippen LogP) is 5.41. The van der Waals surface area contributed by atoms with Crippen LogP contribution in [-0.2, 0) is 24.2 Å². The molecule has 12 heteroatoms. The standard InChI is InChI=1S/C28H22ClF2N7O2/c1-3-18-21(30)5-4-15-8-17(40-14-39-2)9-19(23(15)18)25-24(31)26-20(12-33-25)27(36-28(29)35-26)37-6-7-38-22(13-37)16(10-32)11-34-38/h4-5,8-9,11-12H,3,6-7,13-14H2,1-2H3. The van der Waals surface area contributed by atoms with Crippen LogP contribution in [0.5, 0.6) is 5.75 Å². The van der Waals surface area contributed by atoms with Crippen LogP contribution in [-0.4, -0.2) is 45.2 Å². The fourth-order valence-electron chi connectivity index (χ4n) is 5.19. The van der Waals surface area contributed by atoms with Crippen molar-refractivity contribution in [2.75, 3.05) is 25.3 Å². The maximum Gasteiger partial charge on any atom is 0.225 e. The minimum absolute atomic E-state index is 0.0190. The van der Waals surface area contributed by atoms with Crippen LogP contribution in [0.2, 0.25) is 5.28 Å². The number of pyridine rings is 1. The van der Waals surface area contributed by atoms with E-state index in [-0.39, 0.29) is 23.3 Å². The average molecular weight is 562 g/mol. The third-order valence-electron chi connectivity index (χ3n) is 7.02. The molecular weight excluding hydrogens is 540 g/mol. The molecule has 202 valence electrons. The fourth-order valence-corrected chi connectivity index (χ4v) is 5.36. The fraction of sp³-hybridized carbons (Fsp3) is 0.250. The van der Waals surface area contributed by atoms with Crippen molar-refractivity contribution in [3.63, 3.8) is 0 Å². The molecule has 3 aromatic heterocycles. The Morgan fingerprint density at radius 1 is 1.15 bits per heavy atom. The molecule has 9 nitrogen and oxygen atoms in total. The van der Waals surface area contributed by atoms with Crippen LogP contribution in [0.25, 0.3) is 32.9 Å². The number of aromatic nitrogens is 5. The van der Waals surface area contributed by atoms with Gasteiger partial charge in [0.15, 0.2) is 12.6 Å². The summed E-state index contributed by atoms with van der Waals surface area (Å²) in [5, 5.41) is 15.1. The van der Waals surface area contributed by atoms with E-state index in [1.807, 2.05) is 11.8 Å². The normalized spacial score (nSPS) is 13.1. The first-order valence-electron chi connectivity index (χ1n) is 12.5. The van der Waals surface area contributed by atoms with Crippen molar-refractivity contribution in [3.8, 4) is 23.1 Å².